The maximum Gasteiger partial charge on any atom is 0.417 e. The van der Waals surface area contributed by atoms with E-state index < -0.39 is 17.6 Å². The van der Waals surface area contributed by atoms with E-state index >= 15 is 0 Å². The molecule has 1 aromatic carbocycles. The van der Waals surface area contributed by atoms with Crippen molar-refractivity contribution in [1.82, 2.24) is 9.97 Å². The van der Waals surface area contributed by atoms with Crippen molar-refractivity contribution in [3.05, 3.63) is 63.9 Å². The van der Waals surface area contributed by atoms with Crippen LogP contribution < -0.4 is 5.73 Å². The Morgan fingerprint density at radius 3 is 2.31 bits per heavy atom. The van der Waals surface area contributed by atoms with Gasteiger partial charge >= 0.3 is 6.18 Å². The summed E-state index contributed by atoms with van der Waals surface area (Å²) in [7, 11) is 0. The lowest BCUT2D eigenvalue weighted by atomic mass is 10.1. The maximum absolute atomic E-state index is 12.6. The van der Waals surface area contributed by atoms with Crippen LogP contribution in [0.2, 0.25) is 5.02 Å². The van der Waals surface area contributed by atoms with Crippen LogP contribution in [0.4, 0.5) is 13.2 Å². The summed E-state index contributed by atoms with van der Waals surface area (Å²) in [4.78, 5) is 17.6. The third kappa shape index (κ3) is 7.79. The van der Waals surface area contributed by atoms with E-state index in [9.17, 15) is 18.0 Å². The van der Waals surface area contributed by atoms with Gasteiger partial charge in [0.25, 0.3) is 5.91 Å². The zero-order valence-electron chi connectivity index (χ0n) is 14.5. The molecule has 0 saturated carbocycles. The fourth-order valence-electron chi connectivity index (χ4n) is 1.64. The van der Waals surface area contributed by atoms with Crippen molar-refractivity contribution in [2.45, 2.75) is 39.0 Å². The first kappa shape index (κ1) is 21.9. The van der Waals surface area contributed by atoms with Crippen LogP contribution in [0.5, 0.6) is 0 Å². The summed E-state index contributed by atoms with van der Waals surface area (Å²) in [5.74, 6) is -0.553. The molecule has 0 bridgehead atoms. The number of halogens is 4. The second-order valence-electron chi connectivity index (χ2n) is 6.25. The SMILES string of the molecule is CC(C)(C)[N-]Cc1ccc(Cl)c(C(F)(F)F)c1.NC(=O)c1cnccn1. The predicted molar refractivity (Wildman–Crippen MR) is 93.8 cm³/mol. The van der Waals surface area contributed by atoms with Crippen LogP contribution >= 0.6 is 11.6 Å². The van der Waals surface area contributed by atoms with Gasteiger partial charge in [-0.1, -0.05) is 44.0 Å². The second-order valence-corrected chi connectivity index (χ2v) is 6.66. The van der Waals surface area contributed by atoms with Crippen LogP contribution in [-0.4, -0.2) is 21.4 Å². The zero-order valence-corrected chi connectivity index (χ0v) is 15.3. The molecule has 2 rings (SSSR count). The Hall–Kier alpha value is -2.19. The van der Waals surface area contributed by atoms with Gasteiger partial charge in [0.2, 0.25) is 0 Å². The molecule has 26 heavy (non-hydrogen) atoms. The fraction of sp³-hybridized carbons (Fsp3) is 0.353. The van der Waals surface area contributed by atoms with Gasteiger partial charge in [0.15, 0.2) is 0 Å². The van der Waals surface area contributed by atoms with Gasteiger partial charge in [0.1, 0.15) is 5.69 Å². The van der Waals surface area contributed by atoms with Crippen molar-refractivity contribution < 1.29 is 18.0 Å². The lowest BCUT2D eigenvalue weighted by molar-refractivity contribution is -0.137. The van der Waals surface area contributed by atoms with Crippen LogP contribution in [0.3, 0.4) is 0 Å². The van der Waals surface area contributed by atoms with Crippen molar-refractivity contribution in [3.8, 4) is 0 Å². The Kier molecular flexibility index (Phi) is 7.53. The number of nitrogens with two attached hydrogens (primary N) is 1. The van der Waals surface area contributed by atoms with Crippen molar-refractivity contribution in [1.29, 1.82) is 0 Å². The fourth-order valence-corrected chi connectivity index (χ4v) is 1.87. The molecule has 9 heteroatoms. The third-order valence-electron chi connectivity index (χ3n) is 2.89. The quantitative estimate of drug-likeness (QED) is 0.834. The summed E-state index contributed by atoms with van der Waals surface area (Å²) in [5.41, 5.74) is 4.50. The molecule has 0 fully saturated rings. The number of hydrogen-bond acceptors (Lipinski definition) is 3. The zero-order chi connectivity index (χ0) is 20.0. The summed E-state index contributed by atoms with van der Waals surface area (Å²) in [6.45, 7) is 5.94. The van der Waals surface area contributed by atoms with E-state index in [2.05, 4.69) is 15.3 Å². The van der Waals surface area contributed by atoms with E-state index in [1.807, 2.05) is 20.8 Å². The lowest BCUT2D eigenvalue weighted by Crippen LogP contribution is -2.13. The van der Waals surface area contributed by atoms with Crippen molar-refractivity contribution in [2.75, 3.05) is 0 Å². The summed E-state index contributed by atoms with van der Waals surface area (Å²) in [6, 6.07) is 3.88. The average Bonchev–Trinajstić information content (AvgIpc) is 2.53. The van der Waals surface area contributed by atoms with E-state index in [1.165, 1.54) is 24.7 Å². The number of benzene rings is 1. The molecule has 0 saturated heterocycles. The topological polar surface area (TPSA) is 83.0 Å². The van der Waals surface area contributed by atoms with Gasteiger partial charge in [0.05, 0.1) is 16.8 Å². The number of carbonyl (C=O) groups is 1. The van der Waals surface area contributed by atoms with Crippen LogP contribution in [0.15, 0.2) is 36.8 Å². The highest BCUT2D eigenvalue weighted by Gasteiger charge is 2.33. The highest BCUT2D eigenvalue weighted by atomic mass is 35.5. The molecule has 0 radical (unpaired) electrons. The number of aromatic nitrogens is 2. The summed E-state index contributed by atoms with van der Waals surface area (Å²) in [5, 5.41) is 3.99. The molecule has 2 N–H and O–H groups in total. The number of rotatable bonds is 3. The van der Waals surface area contributed by atoms with Crippen molar-refractivity contribution in [2.24, 2.45) is 5.73 Å². The molecule has 142 valence electrons. The Morgan fingerprint density at radius 2 is 1.88 bits per heavy atom. The molecule has 0 aliphatic carbocycles. The minimum absolute atomic E-state index is 0.192. The highest BCUT2D eigenvalue weighted by molar-refractivity contribution is 6.31. The number of alkyl halides is 3. The van der Waals surface area contributed by atoms with Gasteiger partial charge in [-0.15, -0.1) is 12.1 Å². The van der Waals surface area contributed by atoms with Gasteiger partial charge in [0, 0.05) is 12.4 Å². The van der Waals surface area contributed by atoms with E-state index in [0.29, 0.717) is 5.56 Å². The monoisotopic (exact) mass is 387 g/mol. The highest BCUT2D eigenvalue weighted by Crippen LogP contribution is 2.35. The molecule has 0 unspecified atom stereocenters. The number of amides is 1. The summed E-state index contributed by atoms with van der Waals surface area (Å²) in [6.07, 6.45) is -0.205. The van der Waals surface area contributed by atoms with Gasteiger partial charge in [-0.05, 0) is 12.1 Å². The second kappa shape index (κ2) is 8.95. The Bertz CT molecular complexity index is 731. The number of hydrogen-bond donors (Lipinski definition) is 1. The number of carbonyl (C=O) groups excluding carboxylic acids is 1. The first-order chi connectivity index (χ1) is 11.9. The van der Waals surface area contributed by atoms with Crippen LogP contribution in [0.25, 0.3) is 5.32 Å². The molecule has 0 aliphatic rings. The first-order valence-corrected chi connectivity index (χ1v) is 7.88. The third-order valence-corrected chi connectivity index (χ3v) is 3.22. The van der Waals surface area contributed by atoms with Crippen molar-refractivity contribution in [3.63, 3.8) is 0 Å². The van der Waals surface area contributed by atoms with Crippen molar-refractivity contribution >= 4 is 17.5 Å². The number of primary amides is 1. The van der Waals surface area contributed by atoms with E-state index in [4.69, 9.17) is 17.3 Å². The Morgan fingerprint density at radius 1 is 1.23 bits per heavy atom. The minimum atomic E-state index is -4.42. The number of nitrogens with zero attached hydrogens (tertiary/aromatic N) is 3. The Balaban J connectivity index is 0.000000314. The minimum Gasteiger partial charge on any atom is -0.654 e. The molecule has 0 aliphatic heterocycles. The van der Waals surface area contributed by atoms with E-state index in [-0.39, 0.29) is 22.8 Å². The van der Waals surface area contributed by atoms with Crippen LogP contribution in [0, 0.1) is 0 Å². The Labute approximate surface area is 154 Å². The predicted octanol–water partition coefficient (Wildman–Crippen LogP) is 4.61. The standard InChI is InChI=1S/C12H14ClF3N.C5H5N3O/c1-11(2,3)17-7-8-4-5-10(13)9(6-8)12(14,15)16;6-5(9)4-3-7-1-2-8-4/h4-6H,7H2,1-3H3;1-3H,(H2,6,9)/q-1;. The molecular formula is C17H19ClF3N4O-. The smallest absolute Gasteiger partial charge is 0.417 e. The molecule has 1 aromatic heterocycles. The lowest BCUT2D eigenvalue weighted by Gasteiger charge is -2.36. The van der Waals surface area contributed by atoms with Crippen LogP contribution in [-0.2, 0) is 12.7 Å². The van der Waals surface area contributed by atoms with E-state index in [0.717, 1.165) is 6.07 Å². The normalized spacial score (nSPS) is 11.5. The molecule has 2 aromatic rings. The molecule has 0 spiro atoms. The average molecular weight is 388 g/mol. The maximum atomic E-state index is 12.6. The van der Waals surface area contributed by atoms with Crippen LogP contribution in [0.1, 0.15) is 42.4 Å². The molecular weight excluding hydrogens is 369 g/mol. The molecule has 1 heterocycles. The van der Waals surface area contributed by atoms with Gasteiger partial charge in [-0.25, -0.2) is 4.98 Å². The van der Waals surface area contributed by atoms with Gasteiger partial charge in [-0.2, -0.15) is 13.2 Å². The van der Waals surface area contributed by atoms with Gasteiger partial charge in [-0.3, -0.25) is 9.78 Å². The van der Waals surface area contributed by atoms with E-state index in [1.54, 1.807) is 6.07 Å². The van der Waals surface area contributed by atoms with Gasteiger partial charge < -0.3 is 11.1 Å². The molecule has 1 amide bonds. The largest absolute Gasteiger partial charge is 0.654 e. The molecule has 0 atom stereocenters. The summed E-state index contributed by atoms with van der Waals surface area (Å²) < 4.78 is 37.8. The molecule has 5 nitrogen and oxygen atoms in total. The summed E-state index contributed by atoms with van der Waals surface area (Å²) >= 11 is 5.52. The first-order valence-electron chi connectivity index (χ1n) is 7.50.